The minimum absolute atomic E-state index is 0.0622. The maximum Gasteiger partial charge on any atom is 0.253 e. The van der Waals surface area contributed by atoms with Crippen LogP contribution in [0.4, 0.5) is 0 Å². The highest BCUT2D eigenvalue weighted by Crippen LogP contribution is 2.21. The maximum absolute atomic E-state index is 12.4. The molecule has 1 amide bonds. The number of rotatable bonds is 5. The molecule has 0 radical (unpaired) electrons. The van der Waals surface area contributed by atoms with Crippen LogP contribution in [0, 0.1) is 0 Å². The van der Waals surface area contributed by atoms with Crippen molar-refractivity contribution in [1.82, 2.24) is 4.90 Å². The van der Waals surface area contributed by atoms with Gasteiger partial charge in [0, 0.05) is 24.5 Å². The smallest absolute Gasteiger partial charge is 0.253 e. The first-order chi connectivity index (χ1) is 8.76. The van der Waals surface area contributed by atoms with Crippen molar-refractivity contribution in [2.75, 3.05) is 19.0 Å². The van der Waals surface area contributed by atoms with Gasteiger partial charge < -0.3 is 9.64 Å². The number of carbonyl (C=O) groups excluding carboxylic acids is 1. The summed E-state index contributed by atoms with van der Waals surface area (Å²) in [5.41, 5.74) is 3.05. The second-order valence-electron chi connectivity index (χ2n) is 4.46. The maximum atomic E-state index is 12.4. The van der Waals surface area contributed by atoms with Crippen molar-refractivity contribution in [3.8, 4) is 0 Å². The molecule has 18 heavy (non-hydrogen) atoms. The molecule has 2 rings (SSSR count). The highest BCUT2D eigenvalue weighted by atomic mass is 35.5. The van der Waals surface area contributed by atoms with E-state index < -0.39 is 0 Å². The van der Waals surface area contributed by atoms with Gasteiger partial charge in [0.05, 0.1) is 13.2 Å². The Hall–Kier alpha value is -1.06. The molecular formula is C14H18ClNO2. The Morgan fingerprint density at radius 2 is 2.11 bits per heavy atom. The van der Waals surface area contributed by atoms with Crippen molar-refractivity contribution in [3.63, 3.8) is 0 Å². The fourth-order valence-electron chi connectivity index (χ4n) is 2.17. The number of hydrogen-bond acceptors (Lipinski definition) is 2. The summed E-state index contributed by atoms with van der Waals surface area (Å²) in [7, 11) is 0. The van der Waals surface area contributed by atoms with Crippen LogP contribution in [0.1, 0.15) is 34.8 Å². The Morgan fingerprint density at radius 3 is 2.83 bits per heavy atom. The van der Waals surface area contributed by atoms with Gasteiger partial charge in [-0.25, -0.2) is 0 Å². The number of ether oxygens (including phenoxy) is 1. The van der Waals surface area contributed by atoms with Crippen LogP contribution in [-0.2, 0) is 18.0 Å². The van der Waals surface area contributed by atoms with E-state index in [2.05, 4.69) is 6.92 Å². The van der Waals surface area contributed by atoms with E-state index >= 15 is 0 Å². The number of fused-ring (bicyclic) bond motifs is 1. The van der Waals surface area contributed by atoms with Gasteiger partial charge in [-0.15, -0.1) is 11.6 Å². The number of carbonyl (C=O) groups is 1. The lowest BCUT2D eigenvalue weighted by molar-refractivity contribution is 0.0765. The van der Waals surface area contributed by atoms with E-state index in [4.69, 9.17) is 16.3 Å². The molecule has 1 aromatic carbocycles. The van der Waals surface area contributed by atoms with Crippen LogP contribution in [-0.4, -0.2) is 29.8 Å². The van der Waals surface area contributed by atoms with E-state index in [1.54, 1.807) is 0 Å². The van der Waals surface area contributed by atoms with Gasteiger partial charge in [-0.1, -0.05) is 13.0 Å². The van der Waals surface area contributed by atoms with Gasteiger partial charge >= 0.3 is 0 Å². The Labute approximate surface area is 113 Å². The van der Waals surface area contributed by atoms with Gasteiger partial charge in [0.2, 0.25) is 0 Å². The molecule has 0 saturated carbocycles. The minimum Gasteiger partial charge on any atom is -0.372 e. The van der Waals surface area contributed by atoms with Gasteiger partial charge in [-0.2, -0.15) is 0 Å². The molecule has 0 unspecified atom stereocenters. The molecule has 1 heterocycles. The van der Waals surface area contributed by atoms with Crippen LogP contribution in [0.25, 0.3) is 0 Å². The van der Waals surface area contributed by atoms with E-state index in [1.807, 2.05) is 23.1 Å². The fraction of sp³-hybridized carbons (Fsp3) is 0.500. The topological polar surface area (TPSA) is 29.5 Å². The molecule has 0 bridgehead atoms. The third-order valence-corrected chi connectivity index (χ3v) is 3.27. The van der Waals surface area contributed by atoms with E-state index in [-0.39, 0.29) is 5.91 Å². The second kappa shape index (κ2) is 6.21. The molecule has 98 valence electrons. The molecule has 3 nitrogen and oxygen atoms in total. The first kappa shape index (κ1) is 13.4. The van der Waals surface area contributed by atoms with Crippen molar-refractivity contribution < 1.29 is 9.53 Å². The van der Waals surface area contributed by atoms with Crippen molar-refractivity contribution in [2.45, 2.75) is 26.6 Å². The summed E-state index contributed by atoms with van der Waals surface area (Å²) in [6, 6.07) is 5.81. The standard InChI is InChI=1S/C14H18ClNO2/c1-2-6-16(7-5-15)14(17)11-3-4-12-9-18-10-13(12)8-11/h3-4,8H,2,5-7,9-10H2,1H3. The van der Waals surface area contributed by atoms with Crippen molar-refractivity contribution in [2.24, 2.45) is 0 Å². The van der Waals surface area contributed by atoms with Gasteiger partial charge in [-0.05, 0) is 29.7 Å². The summed E-state index contributed by atoms with van der Waals surface area (Å²) >= 11 is 5.74. The number of benzene rings is 1. The molecule has 0 saturated heterocycles. The zero-order valence-electron chi connectivity index (χ0n) is 10.6. The monoisotopic (exact) mass is 267 g/mol. The molecule has 0 aromatic heterocycles. The first-order valence-electron chi connectivity index (χ1n) is 6.31. The lowest BCUT2D eigenvalue weighted by Gasteiger charge is -2.21. The number of halogens is 1. The van der Waals surface area contributed by atoms with Gasteiger partial charge in [0.1, 0.15) is 0 Å². The summed E-state index contributed by atoms with van der Waals surface area (Å²) in [5, 5.41) is 0. The number of amides is 1. The summed E-state index contributed by atoms with van der Waals surface area (Å²) < 4.78 is 5.36. The summed E-state index contributed by atoms with van der Waals surface area (Å²) in [6.07, 6.45) is 0.941. The normalized spacial score (nSPS) is 13.4. The van der Waals surface area contributed by atoms with Crippen LogP contribution in [0.2, 0.25) is 0 Å². The van der Waals surface area contributed by atoms with Gasteiger partial charge in [-0.3, -0.25) is 4.79 Å². The Kier molecular flexibility index (Phi) is 4.61. The Bertz CT molecular complexity index is 428. The van der Waals surface area contributed by atoms with E-state index in [9.17, 15) is 4.79 Å². The van der Waals surface area contributed by atoms with E-state index in [1.165, 1.54) is 5.56 Å². The third-order valence-electron chi connectivity index (χ3n) is 3.10. The molecule has 1 aliphatic rings. The highest BCUT2D eigenvalue weighted by Gasteiger charge is 2.18. The number of hydrogen-bond donors (Lipinski definition) is 0. The average molecular weight is 268 g/mol. The molecule has 0 spiro atoms. The molecule has 0 atom stereocenters. The quantitative estimate of drug-likeness (QED) is 0.768. The number of alkyl halides is 1. The summed E-state index contributed by atoms with van der Waals surface area (Å²) in [4.78, 5) is 14.2. The largest absolute Gasteiger partial charge is 0.372 e. The second-order valence-corrected chi connectivity index (χ2v) is 4.84. The van der Waals surface area contributed by atoms with Crippen LogP contribution >= 0.6 is 11.6 Å². The Morgan fingerprint density at radius 1 is 1.33 bits per heavy atom. The highest BCUT2D eigenvalue weighted by molar-refractivity contribution is 6.18. The van der Waals surface area contributed by atoms with Crippen LogP contribution in [0.15, 0.2) is 18.2 Å². The van der Waals surface area contributed by atoms with Crippen molar-refractivity contribution >= 4 is 17.5 Å². The van der Waals surface area contributed by atoms with Crippen molar-refractivity contribution in [3.05, 3.63) is 34.9 Å². The van der Waals surface area contributed by atoms with Crippen LogP contribution in [0.5, 0.6) is 0 Å². The Balaban J connectivity index is 2.16. The third kappa shape index (κ3) is 2.85. The van der Waals surface area contributed by atoms with Crippen LogP contribution in [0.3, 0.4) is 0 Å². The molecule has 0 N–H and O–H groups in total. The zero-order valence-corrected chi connectivity index (χ0v) is 11.4. The predicted octanol–water partition coefficient (Wildman–Crippen LogP) is 2.81. The fourth-order valence-corrected chi connectivity index (χ4v) is 2.38. The first-order valence-corrected chi connectivity index (χ1v) is 6.84. The number of nitrogens with zero attached hydrogens (tertiary/aromatic N) is 1. The summed E-state index contributed by atoms with van der Waals surface area (Å²) in [6.45, 7) is 4.68. The van der Waals surface area contributed by atoms with Crippen molar-refractivity contribution in [1.29, 1.82) is 0 Å². The lowest BCUT2D eigenvalue weighted by atomic mass is 10.1. The van der Waals surface area contributed by atoms with Gasteiger partial charge in [0.25, 0.3) is 5.91 Å². The molecule has 0 aliphatic carbocycles. The molecular weight excluding hydrogens is 250 g/mol. The van der Waals surface area contributed by atoms with E-state index in [0.29, 0.717) is 25.6 Å². The van der Waals surface area contributed by atoms with E-state index in [0.717, 1.165) is 24.1 Å². The molecule has 4 heteroatoms. The molecule has 1 aliphatic heterocycles. The zero-order chi connectivity index (χ0) is 13.0. The average Bonchev–Trinajstić information content (AvgIpc) is 2.84. The molecule has 1 aromatic rings. The summed E-state index contributed by atoms with van der Waals surface area (Å²) in [5.74, 6) is 0.534. The molecule has 0 fully saturated rings. The van der Waals surface area contributed by atoms with Crippen LogP contribution < -0.4 is 0 Å². The SMILES string of the molecule is CCCN(CCCl)C(=O)c1ccc2c(c1)COC2. The minimum atomic E-state index is 0.0622. The van der Waals surface area contributed by atoms with Gasteiger partial charge in [0.15, 0.2) is 0 Å². The lowest BCUT2D eigenvalue weighted by Crippen LogP contribution is -2.33. The predicted molar refractivity (Wildman–Crippen MR) is 71.8 cm³/mol.